The van der Waals surface area contributed by atoms with Gasteiger partial charge in [0.05, 0.1) is 17.2 Å². The van der Waals surface area contributed by atoms with Gasteiger partial charge in [0.25, 0.3) is 0 Å². The standard InChI is InChI=1S/C20H32ClN3O3/c1-12-17(13(2)27-23-12)20(6,7)18(26)24-10-14(8-19(3,4)5)15(11-24)22-16(25)9-21/h14-15H,8-11H2,1-7H3,(H,22,25)/t14-,15-/m1/s1. The summed E-state index contributed by atoms with van der Waals surface area (Å²) in [5, 5.41) is 7.00. The molecule has 0 unspecified atom stereocenters. The molecule has 0 spiro atoms. The summed E-state index contributed by atoms with van der Waals surface area (Å²) in [5.41, 5.74) is 0.938. The number of aromatic nitrogens is 1. The van der Waals surface area contributed by atoms with Crippen LogP contribution in [0.4, 0.5) is 0 Å². The maximum absolute atomic E-state index is 13.4. The average molecular weight is 398 g/mol. The highest BCUT2D eigenvalue weighted by molar-refractivity contribution is 6.27. The van der Waals surface area contributed by atoms with Crippen molar-refractivity contribution in [3.8, 4) is 0 Å². The topological polar surface area (TPSA) is 75.4 Å². The predicted octanol–water partition coefficient (Wildman–Crippen LogP) is 3.19. The molecule has 152 valence electrons. The summed E-state index contributed by atoms with van der Waals surface area (Å²) in [6.45, 7) is 15.1. The molecule has 1 aromatic rings. The zero-order valence-electron chi connectivity index (χ0n) is 17.5. The first kappa shape index (κ1) is 21.7. The molecule has 2 amide bonds. The van der Waals surface area contributed by atoms with Gasteiger partial charge in [-0.15, -0.1) is 11.6 Å². The molecular weight excluding hydrogens is 366 g/mol. The first-order valence-corrected chi connectivity index (χ1v) is 9.98. The minimum Gasteiger partial charge on any atom is -0.361 e. The number of halogens is 1. The molecule has 0 bridgehead atoms. The SMILES string of the molecule is Cc1noc(C)c1C(C)(C)C(=O)N1C[C@@H](CC(C)(C)C)[C@H](NC(=O)CCl)C1. The van der Waals surface area contributed by atoms with E-state index in [9.17, 15) is 9.59 Å². The first-order valence-electron chi connectivity index (χ1n) is 9.45. The van der Waals surface area contributed by atoms with Crippen LogP contribution in [0.3, 0.4) is 0 Å². The summed E-state index contributed by atoms with van der Waals surface area (Å²) in [5.74, 6) is 0.625. The van der Waals surface area contributed by atoms with Crippen LogP contribution in [0.2, 0.25) is 0 Å². The second kappa shape index (κ2) is 7.82. The van der Waals surface area contributed by atoms with Gasteiger partial charge in [-0.2, -0.15) is 0 Å². The van der Waals surface area contributed by atoms with Gasteiger partial charge in [-0.25, -0.2) is 0 Å². The minimum absolute atomic E-state index is 0.0263. The molecule has 1 aliphatic heterocycles. The van der Waals surface area contributed by atoms with E-state index in [-0.39, 0.29) is 35.1 Å². The van der Waals surface area contributed by atoms with Crippen LogP contribution >= 0.6 is 11.6 Å². The number of alkyl halides is 1. The van der Waals surface area contributed by atoms with Crippen LogP contribution in [0.5, 0.6) is 0 Å². The fraction of sp³-hybridized carbons (Fsp3) is 0.750. The van der Waals surface area contributed by atoms with Crippen molar-refractivity contribution in [2.75, 3.05) is 19.0 Å². The maximum Gasteiger partial charge on any atom is 0.235 e. The fourth-order valence-electron chi connectivity index (χ4n) is 4.32. The van der Waals surface area contributed by atoms with Crippen LogP contribution in [0.25, 0.3) is 0 Å². The Morgan fingerprint density at radius 3 is 2.33 bits per heavy atom. The van der Waals surface area contributed by atoms with Crippen LogP contribution < -0.4 is 5.32 Å². The van der Waals surface area contributed by atoms with E-state index < -0.39 is 5.41 Å². The van der Waals surface area contributed by atoms with Crippen LogP contribution in [0.15, 0.2) is 4.52 Å². The summed E-state index contributed by atoms with van der Waals surface area (Å²) < 4.78 is 5.28. The zero-order chi connectivity index (χ0) is 20.6. The van der Waals surface area contributed by atoms with Crippen molar-refractivity contribution >= 4 is 23.4 Å². The van der Waals surface area contributed by atoms with E-state index in [1.807, 2.05) is 32.6 Å². The highest BCUT2D eigenvalue weighted by Gasteiger charge is 2.44. The van der Waals surface area contributed by atoms with E-state index in [2.05, 4.69) is 31.2 Å². The molecule has 1 aliphatic rings. The molecule has 2 rings (SSSR count). The lowest BCUT2D eigenvalue weighted by atomic mass is 9.81. The van der Waals surface area contributed by atoms with Crippen LogP contribution in [-0.4, -0.2) is 46.9 Å². The summed E-state index contributed by atoms with van der Waals surface area (Å²) >= 11 is 5.68. The highest BCUT2D eigenvalue weighted by atomic mass is 35.5. The number of rotatable bonds is 5. The van der Waals surface area contributed by atoms with Crippen LogP contribution in [-0.2, 0) is 15.0 Å². The molecule has 1 N–H and O–H groups in total. The molecule has 1 aromatic heterocycles. The van der Waals surface area contributed by atoms with Crippen molar-refractivity contribution in [1.82, 2.24) is 15.4 Å². The second-order valence-corrected chi connectivity index (χ2v) is 9.63. The average Bonchev–Trinajstić information content (AvgIpc) is 3.08. The number of nitrogens with one attached hydrogen (secondary N) is 1. The Balaban J connectivity index is 2.24. The van der Waals surface area contributed by atoms with E-state index in [0.29, 0.717) is 18.8 Å². The third-order valence-electron chi connectivity index (χ3n) is 5.26. The predicted molar refractivity (Wildman–Crippen MR) is 106 cm³/mol. The largest absolute Gasteiger partial charge is 0.361 e. The summed E-state index contributed by atoms with van der Waals surface area (Å²) in [7, 11) is 0. The number of carbonyl (C=O) groups excluding carboxylic acids is 2. The third kappa shape index (κ3) is 4.84. The van der Waals surface area contributed by atoms with Crippen molar-refractivity contribution < 1.29 is 14.1 Å². The number of aryl methyl sites for hydroxylation is 2. The number of nitrogens with zero attached hydrogens (tertiary/aromatic N) is 2. The Morgan fingerprint density at radius 1 is 1.22 bits per heavy atom. The molecule has 0 radical (unpaired) electrons. The van der Waals surface area contributed by atoms with Gasteiger partial charge in [0.2, 0.25) is 11.8 Å². The molecule has 0 saturated carbocycles. The van der Waals surface area contributed by atoms with Gasteiger partial charge >= 0.3 is 0 Å². The van der Waals surface area contributed by atoms with Gasteiger partial charge in [0.15, 0.2) is 0 Å². The molecule has 1 saturated heterocycles. The first-order chi connectivity index (χ1) is 12.4. The van der Waals surface area contributed by atoms with E-state index in [1.165, 1.54) is 0 Å². The zero-order valence-corrected chi connectivity index (χ0v) is 18.2. The monoisotopic (exact) mass is 397 g/mol. The molecule has 0 aromatic carbocycles. The molecule has 2 atom stereocenters. The number of hydrogen-bond acceptors (Lipinski definition) is 4. The van der Waals surface area contributed by atoms with Gasteiger partial charge in [0.1, 0.15) is 11.6 Å². The minimum atomic E-state index is -0.744. The Hall–Kier alpha value is -1.56. The number of amides is 2. The van der Waals surface area contributed by atoms with Crippen LogP contribution in [0.1, 0.15) is 58.1 Å². The quantitative estimate of drug-likeness (QED) is 0.774. The van der Waals surface area contributed by atoms with Gasteiger partial charge in [-0.05, 0) is 45.4 Å². The number of likely N-dealkylation sites (tertiary alicyclic amines) is 1. The second-order valence-electron chi connectivity index (χ2n) is 9.37. The lowest BCUT2D eigenvalue weighted by molar-refractivity contribution is -0.135. The summed E-state index contributed by atoms with van der Waals surface area (Å²) in [4.78, 5) is 27.1. The molecule has 6 nitrogen and oxygen atoms in total. The van der Waals surface area contributed by atoms with Gasteiger partial charge < -0.3 is 14.7 Å². The van der Waals surface area contributed by atoms with Crippen molar-refractivity contribution in [2.45, 2.75) is 66.3 Å². The molecular formula is C20H32ClN3O3. The molecule has 0 aliphatic carbocycles. The van der Waals surface area contributed by atoms with E-state index in [1.54, 1.807) is 0 Å². The van der Waals surface area contributed by atoms with E-state index in [0.717, 1.165) is 17.7 Å². The molecule has 1 fully saturated rings. The third-order valence-corrected chi connectivity index (χ3v) is 5.51. The van der Waals surface area contributed by atoms with Crippen molar-refractivity contribution in [1.29, 1.82) is 0 Å². The Kier molecular flexibility index (Phi) is 6.30. The fourth-order valence-corrected chi connectivity index (χ4v) is 4.39. The van der Waals surface area contributed by atoms with E-state index in [4.69, 9.17) is 16.1 Å². The smallest absolute Gasteiger partial charge is 0.235 e. The summed E-state index contributed by atoms with van der Waals surface area (Å²) in [6.07, 6.45) is 0.912. The molecule has 7 heteroatoms. The van der Waals surface area contributed by atoms with Crippen molar-refractivity contribution in [3.05, 3.63) is 17.0 Å². The van der Waals surface area contributed by atoms with Crippen LogP contribution in [0, 0.1) is 25.2 Å². The highest BCUT2D eigenvalue weighted by Crippen LogP contribution is 2.35. The van der Waals surface area contributed by atoms with Gasteiger partial charge in [-0.1, -0.05) is 25.9 Å². The number of carbonyl (C=O) groups is 2. The lowest BCUT2D eigenvalue weighted by Gasteiger charge is -2.30. The summed E-state index contributed by atoms with van der Waals surface area (Å²) in [6, 6.07) is -0.0834. The maximum atomic E-state index is 13.4. The number of hydrogen-bond donors (Lipinski definition) is 1. The Bertz CT molecular complexity index is 686. The molecule has 27 heavy (non-hydrogen) atoms. The molecule has 2 heterocycles. The van der Waals surface area contributed by atoms with E-state index >= 15 is 0 Å². The Morgan fingerprint density at radius 2 is 1.85 bits per heavy atom. The van der Waals surface area contributed by atoms with Gasteiger partial charge in [-0.3, -0.25) is 9.59 Å². The van der Waals surface area contributed by atoms with Gasteiger partial charge in [0, 0.05) is 18.7 Å². The van der Waals surface area contributed by atoms with Crippen molar-refractivity contribution in [3.63, 3.8) is 0 Å². The normalized spacial score (nSPS) is 20.8. The lowest BCUT2D eigenvalue weighted by Crippen LogP contribution is -2.45. The Labute approximate surface area is 167 Å². The van der Waals surface area contributed by atoms with Crippen molar-refractivity contribution in [2.24, 2.45) is 11.3 Å².